The van der Waals surface area contributed by atoms with Crippen LogP contribution >= 0.6 is 15.9 Å². The minimum Gasteiger partial charge on any atom is -0.298 e. The zero-order valence-corrected chi connectivity index (χ0v) is 11.5. The van der Waals surface area contributed by atoms with Gasteiger partial charge in [-0.25, -0.2) is 0 Å². The summed E-state index contributed by atoms with van der Waals surface area (Å²) in [5.41, 5.74) is 0.166. The molecule has 18 heavy (non-hydrogen) atoms. The Morgan fingerprint density at radius 2 is 2.11 bits per heavy atom. The molecule has 0 N–H and O–H groups in total. The van der Waals surface area contributed by atoms with Gasteiger partial charge >= 0.3 is 6.18 Å². The molecule has 1 fully saturated rings. The highest BCUT2D eigenvalue weighted by Crippen LogP contribution is 2.30. The maximum Gasteiger partial charge on any atom is 0.416 e. The summed E-state index contributed by atoms with van der Waals surface area (Å²) in [6.07, 6.45) is -2.02. The summed E-state index contributed by atoms with van der Waals surface area (Å²) < 4.78 is 37.8. The smallest absolute Gasteiger partial charge is 0.298 e. The summed E-state index contributed by atoms with van der Waals surface area (Å²) in [5, 5.41) is 0. The molecular formula is C13H15BrF3N. The van der Waals surface area contributed by atoms with E-state index in [1.807, 2.05) is 0 Å². The molecule has 1 unspecified atom stereocenters. The molecule has 2 rings (SSSR count). The fraction of sp³-hybridized carbons (Fsp3) is 0.538. The van der Waals surface area contributed by atoms with Gasteiger partial charge in [-0.05, 0) is 31.0 Å². The number of piperidine rings is 1. The second-order valence-corrected chi connectivity index (χ2v) is 5.97. The Bertz CT molecular complexity index is 405. The van der Waals surface area contributed by atoms with E-state index in [-0.39, 0.29) is 0 Å². The van der Waals surface area contributed by atoms with Crippen LogP contribution in [0, 0.1) is 0 Å². The van der Waals surface area contributed by atoms with Gasteiger partial charge in [0.05, 0.1) is 5.56 Å². The van der Waals surface area contributed by atoms with Gasteiger partial charge in [0, 0.05) is 17.9 Å². The highest BCUT2D eigenvalue weighted by molar-refractivity contribution is 9.09. The molecule has 0 saturated carbocycles. The Labute approximate surface area is 113 Å². The minimum atomic E-state index is -4.25. The summed E-state index contributed by atoms with van der Waals surface area (Å²) in [6.45, 7) is 2.45. The van der Waals surface area contributed by atoms with Gasteiger partial charge < -0.3 is 0 Å². The molecule has 0 amide bonds. The van der Waals surface area contributed by atoms with Gasteiger partial charge in [0.25, 0.3) is 0 Å². The maximum absolute atomic E-state index is 12.6. The van der Waals surface area contributed by atoms with Crippen LogP contribution in [0.5, 0.6) is 0 Å². The molecule has 0 aliphatic carbocycles. The molecule has 1 nitrogen and oxygen atoms in total. The standard InChI is InChI=1S/C13H15BrF3N/c14-12-5-2-6-18(9-12)8-10-3-1-4-11(7-10)13(15,16)17/h1,3-4,7,12H,2,5-6,8-9H2. The zero-order valence-electron chi connectivity index (χ0n) is 9.88. The summed E-state index contributed by atoms with van der Waals surface area (Å²) in [7, 11) is 0. The van der Waals surface area contributed by atoms with Crippen molar-refractivity contribution in [2.45, 2.75) is 30.4 Å². The number of benzene rings is 1. The topological polar surface area (TPSA) is 3.24 Å². The summed E-state index contributed by atoms with van der Waals surface area (Å²) in [5.74, 6) is 0. The van der Waals surface area contributed by atoms with Crippen LogP contribution in [-0.4, -0.2) is 22.8 Å². The third-order valence-corrected chi connectivity index (χ3v) is 3.86. The lowest BCUT2D eigenvalue weighted by atomic mass is 10.1. The van der Waals surface area contributed by atoms with Crippen LogP contribution in [0.2, 0.25) is 0 Å². The van der Waals surface area contributed by atoms with Gasteiger partial charge in [-0.1, -0.05) is 34.1 Å². The normalized spacial score (nSPS) is 22.1. The molecule has 1 aliphatic heterocycles. The molecule has 0 bridgehead atoms. The third kappa shape index (κ3) is 3.72. The summed E-state index contributed by atoms with van der Waals surface area (Å²) in [4.78, 5) is 2.65. The summed E-state index contributed by atoms with van der Waals surface area (Å²) in [6, 6.07) is 5.60. The van der Waals surface area contributed by atoms with Crippen molar-refractivity contribution in [1.29, 1.82) is 0 Å². The van der Waals surface area contributed by atoms with E-state index < -0.39 is 11.7 Å². The second kappa shape index (κ2) is 5.61. The Hall–Kier alpha value is -0.550. The molecule has 1 aromatic rings. The molecule has 1 heterocycles. The van der Waals surface area contributed by atoms with Crippen LogP contribution in [0.1, 0.15) is 24.0 Å². The van der Waals surface area contributed by atoms with Crippen molar-refractivity contribution in [2.24, 2.45) is 0 Å². The van der Waals surface area contributed by atoms with E-state index in [4.69, 9.17) is 0 Å². The quantitative estimate of drug-likeness (QED) is 0.742. The van der Waals surface area contributed by atoms with Gasteiger partial charge in [0.1, 0.15) is 0 Å². The molecule has 1 atom stereocenters. The molecule has 100 valence electrons. The van der Waals surface area contributed by atoms with E-state index in [0.717, 1.165) is 37.6 Å². The fourth-order valence-corrected chi connectivity index (χ4v) is 2.98. The number of likely N-dealkylation sites (tertiary alicyclic amines) is 1. The predicted octanol–water partition coefficient (Wildman–Crippen LogP) is 4.06. The van der Waals surface area contributed by atoms with Gasteiger partial charge in [0.15, 0.2) is 0 Å². The van der Waals surface area contributed by atoms with E-state index in [2.05, 4.69) is 20.8 Å². The van der Waals surface area contributed by atoms with Crippen LogP contribution < -0.4 is 0 Å². The monoisotopic (exact) mass is 321 g/mol. The average Bonchev–Trinajstić information content (AvgIpc) is 2.28. The minimum absolute atomic E-state index is 0.456. The van der Waals surface area contributed by atoms with E-state index in [1.54, 1.807) is 6.07 Å². The van der Waals surface area contributed by atoms with Crippen LogP contribution in [0.15, 0.2) is 24.3 Å². The highest BCUT2D eigenvalue weighted by Gasteiger charge is 2.30. The molecule has 5 heteroatoms. The molecule has 0 radical (unpaired) electrons. The van der Waals surface area contributed by atoms with Crippen molar-refractivity contribution in [3.8, 4) is 0 Å². The van der Waals surface area contributed by atoms with Crippen molar-refractivity contribution in [3.05, 3.63) is 35.4 Å². The lowest BCUT2D eigenvalue weighted by molar-refractivity contribution is -0.137. The molecule has 1 aromatic carbocycles. The molecule has 0 spiro atoms. The van der Waals surface area contributed by atoms with Gasteiger partial charge in [-0.3, -0.25) is 4.90 Å². The number of hydrogen-bond acceptors (Lipinski definition) is 1. The van der Waals surface area contributed by atoms with Crippen LogP contribution in [-0.2, 0) is 12.7 Å². The first-order chi connectivity index (χ1) is 8.45. The largest absolute Gasteiger partial charge is 0.416 e. The van der Waals surface area contributed by atoms with Crippen molar-refractivity contribution in [1.82, 2.24) is 4.90 Å². The summed E-state index contributed by atoms with van der Waals surface area (Å²) >= 11 is 3.57. The molecule has 1 saturated heterocycles. The van der Waals surface area contributed by atoms with Gasteiger partial charge in [0.2, 0.25) is 0 Å². The lowest BCUT2D eigenvalue weighted by Crippen LogP contribution is -2.35. The Balaban J connectivity index is 2.05. The number of halogens is 4. The Morgan fingerprint density at radius 3 is 2.78 bits per heavy atom. The first-order valence-electron chi connectivity index (χ1n) is 5.98. The van der Waals surface area contributed by atoms with Crippen LogP contribution in [0.3, 0.4) is 0 Å². The fourth-order valence-electron chi connectivity index (χ4n) is 2.25. The molecule has 1 aliphatic rings. The molecule has 0 aromatic heterocycles. The van der Waals surface area contributed by atoms with Crippen molar-refractivity contribution < 1.29 is 13.2 Å². The number of hydrogen-bond donors (Lipinski definition) is 0. The van der Waals surface area contributed by atoms with E-state index in [9.17, 15) is 13.2 Å². The van der Waals surface area contributed by atoms with E-state index >= 15 is 0 Å². The third-order valence-electron chi connectivity index (χ3n) is 3.11. The van der Waals surface area contributed by atoms with Crippen molar-refractivity contribution >= 4 is 15.9 Å². The lowest BCUT2D eigenvalue weighted by Gasteiger charge is -2.30. The number of rotatable bonds is 2. The average molecular weight is 322 g/mol. The first kappa shape index (κ1) is 13.9. The van der Waals surface area contributed by atoms with Crippen LogP contribution in [0.4, 0.5) is 13.2 Å². The van der Waals surface area contributed by atoms with E-state index in [0.29, 0.717) is 11.4 Å². The van der Waals surface area contributed by atoms with Gasteiger partial charge in [-0.15, -0.1) is 0 Å². The first-order valence-corrected chi connectivity index (χ1v) is 6.89. The molecular weight excluding hydrogens is 307 g/mol. The number of nitrogens with zero attached hydrogens (tertiary/aromatic N) is 1. The SMILES string of the molecule is FC(F)(F)c1cccc(CN2CCCC(Br)C2)c1. The Morgan fingerprint density at radius 1 is 1.33 bits per heavy atom. The zero-order chi connectivity index (χ0) is 13.2. The van der Waals surface area contributed by atoms with Gasteiger partial charge in [-0.2, -0.15) is 13.2 Å². The number of alkyl halides is 4. The second-order valence-electron chi connectivity index (χ2n) is 4.67. The van der Waals surface area contributed by atoms with E-state index in [1.165, 1.54) is 12.1 Å². The van der Waals surface area contributed by atoms with Crippen molar-refractivity contribution in [2.75, 3.05) is 13.1 Å². The maximum atomic E-state index is 12.6. The Kier molecular flexibility index (Phi) is 4.33. The predicted molar refractivity (Wildman–Crippen MR) is 68.7 cm³/mol. The van der Waals surface area contributed by atoms with Crippen LogP contribution in [0.25, 0.3) is 0 Å². The van der Waals surface area contributed by atoms with Crippen molar-refractivity contribution in [3.63, 3.8) is 0 Å². The highest BCUT2D eigenvalue weighted by atomic mass is 79.9.